The van der Waals surface area contributed by atoms with Gasteiger partial charge in [0.15, 0.2) is 18.2 Å². The van der Waals surface area contributed by atoms with E-state index in [1.54, 1.807) is 17.0 Å². The van der Waals surface area contributed by atoms with Crippen molar-refractivity contribution in [3.63, 3.8) is 0 Å². The van der Waals surface area contributed by atoms with E-state index in [1.165, 1.54) is 4.90 Å². The summed E-state index contributed by atoms with van der Waals surface area (Å²) in [7, 11) is 0. The Balaban J connectivity index is 0.986. The molecule has 1 unspecified atom stereocenters. The Morgan fingerprint density at radius 2 is 1.91 bits per heavy atom. The molecule has 0 radical (unpaired) electrons. The normalized spacial score (nSPS) is 20.7. The number of carbonyl (C=O) groups is 3. The van der Waals surface area contributed by atoms with Gasteiger partial charge >= 0.3 is 12.2 Å². The first-order valence-electron chi connectivity index (χ1n) is 15.9. The number of carbonyl (C=O) groups excluding carboxylic acids is 3. The van der Waals surface area contributed by atoms with Crippen LogP contribution in [0.4, 0.5) is 21.2 Å². The van der Waals surface area contributed by atoms with Crippen LogP contribution in [0.1, 0.15) is 46.1 Å². The van der Waals surface area contributed by atoms with E-state index in [0.29, 0.717) is 62.3 Å². The number of likely N-dealkylation sites (tertiary alicyclic amines) is 1. The Hall–Kier alpha value is -4.91. The first kappa shape index (κ1) is 32.0. The third kappa shape index (κ3) is 7.91. The van der Waals surface area contributed by atoms with Crippen molar-refractivity contribution in [2.75, 3.05) is 36.5 Å². The summed E-state index contributed by atoms with van der Waals surface area (Å²) < 4.78 is 22.7. The fourth-order valence-electron chi connectivity index (χ4n) is 5.75. The van der Waals surface area contributed by atoms with E-state index in [9.17, 15) is 14.4 Å². The second-order valence-corrected chi connectivity index (χ2v) is 13.0. The highest BCUT2D eigenvalue weighted by atomic mass is 16.6. The predicted molar refractivity (Wildman–Crippen MR) is 173 cm³/mol. The van der Waals surface area contributed by atoms with Crippen molar-refractivity contribution >= 4 is 29.7 Å². The topological polar surface area (TPSA) is 144 Å². The number of nitrogens with zero attached hydrogens (tertiary/aromatic N) is 4. The summed E-state index contributed by atoms with van der Waals surface area (Å²) in [5.41, 5.74) is 2.28. The minimum atomic E-state index is -0.553. The number of benzene rings is 1. The second-order valence-electron chi connectivity index (χ2n) is 13.0. The maximum absolute atomic E-state index is 12.6. The first-order chi connectivity index (χ1) is 22.5. The molecule has 2 aromatic heterocycles. The Bertz CT molecular complexity index is 1640. The van der Waals surface area contributed by atoms with E-state index in [4.69, 9.17) is 23.9 Å². The Kier molecular flexibility index (Phi) is 9.17. The standard InChI is InChI=1S/C34H40N6O7/c1-21-15-25(19-39(21)33(43)47-34(2,3)4)45-30-10-6-9-26(36-30)23-8-5-7-22(16-23)17-35-14-13-24-18-40(32(42)46-24)28-12-11-27-31(37-28)38-29(41)20-44-27/h5-12,16,21,24-25,35H,13-15,17-20H2,1-4H3,(H,37,38,41)/t21-,24?,25-/m0/s1. The summed E-state index contributed by atoms with van der Waals surface area (Å²) in [6, 6.07) is 17.2. The van der Waals surface area contributed by atoms with E-state index < -0.39 is 11.7 Å². The number of anilines is 2. The van der Waals surface area contributed by atoms with Gasteiger partial charge in [0.25, 0.3) is 5.91 Å². The number of hydrogen-bond acceptors (Lipinski definition) is 10. The minimum absolute atomic E-state index is 0.00844. The molecule has 2 fully saturated rings. The molecule has 13 nitrogen and oxygen atoms in total. The van der Waals surface area contributed by atoms with Crippen LogP contribution in [0, 0.1) is 0 Å². The molecule has 2 saturated heterocycles. The van der Waals surface area contributed by atoms with Gasteiger partial charge in [0.1, 0.15) is 23.6 Å². The molecule has 0 saturated carbocycles. The number of fused-ring (bicyclic) bond motifs is 1. The summed E-state index contributed by atoms with van der Waals surface area (Å²) in [6.45, 7) is 9.59. The van der Waals surface area contributed by atoms with Crippen molar-refractivity contribution in [3.8, 4) is 22.9 Å². The molecule has 0 bridgehead atoms. The van der Waals surface area contributed by atoms with Crippen LogP contribution in [0.15, 0.2) is 54.6 Å². The molecular weight excluding hydrogens is 604 g/mol. The fraction of sp³-hybridized carbons (Fsp3) is 0.441. The lowest BCUT2D eigenvalue weighted by Gasteiger charge is -2.26. The number of hydrogen-bond donors (Lipinski definition) is 2. The molecule has 0 spiro atoms. The zero-order valence-corrected chi connectivity index (χ0v) is 27.0. The average Bonchev–Trinajstić information content (AvgIpc) is 3.59. The molecule has 3 aromatic rings. The molecule has 3 atom stereocenters. The summed E-state index contributed by atoms with van der Waals surface area (Å²) >= 11 is 0. The van der Waals surface area contributed by atoms with E-state index in [1.807, 2.05) is 64.1 Å². The largest absolute Gasteiger partial charge is 0.480 e. The molecule has 6 rings (SSSR count). The van der Waals surface area contributed by atoms with Gasteiger partial charge in [0, 0.05) is 30.6 Å². The third-order valence-corrected chi connectivity index (χ3v) is 7.98. The van der Waals surface area contributed by atoms with Crippen molar-refractivity contribution in [2.45, 2.75) is 70.9 Å². The van der Waals surface area contributed by atoms with Crippen LogP contribution in [0.2, 0.25) is 0 Å². The van der Waals surface area contributed by atoms with Crippen LogP contribution in [0.25, 0.3) is 11.3 Å². The third-order valence-electron chi connectivity index (χ3n) is 7.98. The van der Waals surface area contributed by atoms with E-state index in [0.717, 1.165) is 16.8 Å². The Morgan fingerprint density at radius 1 is 1.09 bits per heavy atom. The average molecular weight is 645 g/mol. The van der Waals surface area contributed by atoms with Gasteiger partial charge in [-0.05, 0) is 70.5 Å². The van der Waals surface area contributed by atoms with Gasteiger partial charge in [-0.1, -0.05) is 24.3 Å². The van der Waals surface area contributed by atoms with Gasteiger partial charge in [-0.15, -0.1) is 0 Å². The number of nitrogens with one attached hydrogen (secondary N) is 2. The van der Waals surface area contributed by atoms with Crippen molar-refractivity contribution in [1.82, 2.24) is 20.2 Å². The molecule has 3 aliphatic rings. The highest BCUT2D eigenvalue weighted by Crippen LogP contribution is 2.31. The number of amides is 3. The fourth-order valence-corrected chi connectivity index (χ4v) is 5.75. The molecule has 3 aliphatic heterocycles. The highest BCUT2D eigenvalue weighted by molar-refractivity contribution is 5.95. The van der Waals surface area contributed by atoms with Crippen LogP contribution < -0.4 is 25.0 Å². The lowest BCUT2D eigenvalue weighted by atomic mass is 10.1. The molecule has 47 heavy (non-hydrogen) atoms. The summed E-state index contributed by atoms with van der Waals surface area (Å²) in [4.78, 5) is 49.1. The molecule has 3 amide bonds. The monoisotopic (exact) mass is 644 g/mol. The quantitative estimate of drug-likeness (QED) is 0.313. The van der Waals surface area contributed by atoms with Gasteiger partial charge in [-0.2, -0.15) is 0 Å². The number of pyridine rings is 2. The van der Waals surface area contributed by atoms with E-state index in [-0.39, 0.29) is 36.9 Å². The molecule has 0 aliphatic carbocycles. The zero-order valence-electron chi connectivity index (χ0n) is 27.0. The highest BCUT2D eigenvalue weighted by Gasteiger charge is 2.37. The summed E-state index contributed by atoms with van der Waals surface area (Å²) in [5.74, 6) is 1.38. The Labute approximate surface area is 273 Å². The lowest BCUT2D eigenvalue weighted by molar-refractivity contribution is -0.118. The van der Waals surface area contributed by atoms with Crippen LogP contribution in [0.5, 0.6) is 11.6 Å². The number of aromatic nitrogens is 2. The molecule has 13 heteroatoms. The first-order valence-corrected chi connectivity index (χ1v) is 15.9. The van der Waals surface area contributed by atoms with Crippen molar-refractivity contribution in [1.29, 1.82) is 0 Å². The van der Waals surface area contributed by atoms with Crippen LogP contribution >= 0.6 is 0 Å². The lowest BCUT2D eigenvalue weighted by Crippen LogP contribution is -2.39. The zero-order chi connectivity index (χ0) is 33.1. The van der Waals surface area contributed by atoms with Crippen molar-refractivity contribution in [3.05, 3.63) is 60.2 Å². The van der Waals surface area contributed by atoms with Crippen LogP contribution in [0.3, 0.4) is 0 Å². The van der Waals surface area contributed by atoms with Crippen molar-refractivity contribution < 1.29 is 33.3 Å². The van der Waals surface area contributed by atoms with Gasteiger partial charge in [0.05, 0.1) is 18.8 Å². The maximum Gasteiger partial charge on any atom is 0.415 e. The number of rotatable bonds is 9. The van der Waals surface area contributed by atoms with Gasteiger partial charge in [0.2, 0.25) is 5.88 Å². The van der Waals surface area contributed by atoms with Gasteiger partial charge in [-0.3, -0.25) is 9.69 Å². The minimum Gasteiger partial charge on any atom is -0.480 e. The number of ether oxygens (including phenoxy) is 4. The van der Waals surface area contributed by atoms with Gasteiger partial charge < -0.3 is 34.5 Å². The number of cyclic esters (lactones) is 1. The maximum atomic E-state index is 12.6. The predicted octanol–water partition coefficient (Wildman–Crippen LogP) is 4.76. The molecule has 248 valence electrons. The van der Waals surface area contributed by atoms with E-state index in [2.05, 4.69) is 21.7 Å². The summed E-state index contributed by atoms with van der Waals surface area (Å²) in [6.07, 6.45) is 0.0536. The summed E-state index contributed by atoms with van der Waals surface area (Å²) in [5, 5.41) is 6.10. The second kappa shape index (κ2) is 13.4. The molecule has 5 heterocycles. The SMILES string of the molecule is C[C@H]1C[C@H](Oc2cccc(-c3cccc(CNCCC4CN(c5ccc6c(n5)NC(=O)CO6)C(=O)O4)c3)n2)CN1C(=O)OC(C)(C)C. The molecule has 2 N–H and O–H groups in total. The molecular formula is C34H40N6O7. The van der Waals surface area contributed by atoms with Crippen molar-refractivity contribution in [2.24, 2.45) is 0 Å². The molecule has 1 aromatic carbocycles. The smallest absolute Gasteiger partial charge is 0.415 e. The van der Waals surface area contributed by atoms with Crippen LogP contribution in [-0.4, -0.2) is 83.1 Å². The van der Waals surface area contributed by atoms with Gasteiger partial charge in [-0.25, -0.2) is 19.6 Å². The van der Waals surface area contributed by atoms with Crippen LogP contribution in [-0.2, 0) is 20.8 Å². The van der Waals surface area contributed by atoms with E-state index >= 15 is 0 Å². The Morgan fingerprint density at radius 3 is 2.74 bits per heavy atom.